The Morgan fingerprint density at radius 1 is 1.53 bits per heavy atom. The maximum Gasteiger partial charge on any atom is 0.119 e. The normalized spacial score (nSPS) is 25.5. The molecule has 2 atom stereocenters. The predicted molar refractivity (Wildman–Crippen MR) is 65.4 cm³/mol. The number of rotatable bonds is 3. The molecule has 1 aromatic carbocycles. The Labute approximate surface area is 95.4 Å². The second-order valence-electron chi connectivity index (χ2n) is 3.76. The van der Waals surface area contributed by atoms with Crippen LogP contribution in [-0.4, -0.2) is 18.9 Å². The molecule has 82 valence electrons. The van der Waals surface area contributed by atoms with E-state index in [2.05, 4.69) is 30.4 Å². The first kappa shape index (κ1) is 10.8. The number of hydrogen-bond donors (Lipinski definition) is 1. The van der Waals surface area contributed by atoms with Crippen LogP contribution < -0.4 is 10.1 Å². The fourth-order valence-corrected chi connectivity index (χ4v) is 3.14. The molecule has 0 spiro atoms. The van der Waals surface area contributed by atoms with Crippen molar-refractivity contribution in [3.05, 3.63) is 29.8 Å². The molecule has 0 aliphatic carbocycles. The van der Waals surface area contributed by atoms with Gasteiger partial charge in [-0.1, -0.05) is 19.1 Å². The van der Waals surface area contributed by atoms with Crippen LogP contribution >= 0.6 is 11.8 Å². The van der Waals surface area contributed by atoms with Gasteiger partial charge in [0.1, 0.15) is 5.75 Å². The third-order valence-electron chi connectivity index (χ3n) is 2.74. The van der Waals surface area contributed by atoms with Crippen LogP contribution in [0.3, 0.4) is 0 Å². The molecule has 1 aliphatic rings. The van der Waals surface area contributed by atoms with Gasteiger partial charge in [-0.25, -0.2) is 0 Å². The van der Waals surface area contributed by atoms with E-state index < -0.39 is 0 Å². The van der Waals surface area contributed by atoms with E-state index in [1.54, 1.807) is 7.11 Å². The van der Waals surface area contributed by atoms with E-state index in [0.29, 0.717) is 11.4 Å². The molecule has 0 saturated carbocycles. The van der Waals surface area contributed by atoms with Crippen molar-refractivity contribution in [1.82, 2.24) is 5.32 Å². The zero-order chi connectivity index (χ0) is 10.7. The number of hydrogen-bond acceptors (Lipinski definition) is 3. The minimum Gasteiger partial charge on any atom is -0.497 e. The van der Waals surface area contributed by atoms with Gasteiger partial charge in [-0.2, -0.15) is 0 Å². The van der Waals surface area contributed by atoms with Crippen molar-refractivity contribution >= 4 is 11.8 Å². The molecule has 1 heterocycles. The topological polar surface area (TPSA) is 21.3 Å². The van der Waals surface area contributed by atoms with Crippen molar-refractivity contribution in [3.8, 4) is 5.75 Å². The molecule has 0 amide bonds. The molecule has 1 aliphatic heterocycles. The molecule has 2 unspecified atom stereocenters. The van der Waals surface area contributed by atoms with Gasteiger partial charge in [0, 0.05) is 11.8 Å². The molecule has 3 heteroatoms. The van der Waals surface area contributed by atoms with Crippen molar-refractivity contribution in [1.29, 1.82) is 0 Å². The Bertz CT molecular complexity index is 329. The van der Waals surface area contributed by atoms with E-state index in [9.17, 15) is 0 Å². The maximum atomic E-state index is 5.23. The first-order chi connectivity index (χ1) is 7.33. The lowest BCUT2D eigenvalue weighted by Crippen LogP contribution is -2.24. The summed E-state index contributed by atoms with van der Waals surface area (Å²) in [5.41, 5.74) is 1.32. The number of benzene rings is 1. The molecule has 1 fully saturated rings. The van der Waals surface area contributed by atoms with E-state index in [4.69, 9.17) is 4.74 Å². The first-order valence-electron chi connectivity index (χ1n) is 5.35. The second-order valence-corrected chi connectivity index (χ2v) is 4.90. The van der Waals surface area contributed by atoms with Gasteiger partial charge in [0.05, 0.1) is 12.5 Å². The zero-order valence-electron chi connectivity index (χ0n) is 9.19. The van der Waals surface area contributed by atoms with Crippen molar-refractivity contribution in [2.45, 2.75) is 24.8 Å². The lowest BCUT2D eigenvalue weighted by molar-refractivity contribution is 0.414. The van der Waals surface area contributed by atoms with E-state index in [1.165, 1.54) is 17.7 Å². The van der Waals surface area contributed by atoms with E-state index in [-0.39, 0.29) is 0 Å². The summed E-state index contributed by atoms with van der Waals surface area (Å²) in [4.78, 5) is 0. The number of methoxy groups -OCH3 is 1. The van der Waals surface area contributed by atoms with E-state index in [0.717, 1.165) is 5.75 Å². The maximum absolute atomic E-state index is 5.23. The molecular formula is C12H17NOS. The van der Waals surface area contributed by atoms with Crippen molar-refractivity contribution in [3.63, 3.8) is 0 Å². The summed E-state index contributed by atoms with van der Waals surface area (Å²) in [5, 5.41) is 4.05. The van der Waals surface area contributed by atoms with Gasteiger partial charge in [0.2, 0.25) is 0 Å². The van der Waals surface area contributed by atoms with Crippen molar-refractivity contribution in [2.75, 3.05) is 12.9 Å². The van der Waals surface area contributed by atoms with Crippen LogP contribution in [0.2, 0.25) is 0 Å². The van der Waals surface area contributed by atoms with Gasteiger partial charge in [-0.05, 0) is 24.1 Å². The number of nitrogens with one attached hydrogen (secondary N) is 1. The molecule has 0 radical (unpaired) electrons. The van der Waals surface area contributed by atoms with E-state index in [1.807, 2.05) is 17.8 Å². The van der Waals surface area contributed by atoms with Gasteiger partial charge in [0.25, 0.3) is 0 Å². The molecule has 0 aromatic heterocycles. The van der Waals surface area contributed by atoms with Crippen molar-refractivity contribution < 1.29 is 4.74 Å². The smallest absolute Gasteiger partial charge is 0.119 e. The van der Waals surface area contributed by atoms with Crippen LogP contribution in [0.15, 0.2) is 24.3 Å². The van der Waals surface area contributed by atoms with Crippen LogP contribution in [0.1, 0.15) is 24.3 Å². The molecular weight excluding hydrogens is 206 g/mol. The summed E-state index contributed by atoms with van der Waals surface area (Å²) in [5.74, 6) is 2.15. The second kappa shape index (κ2) is 4.90. The third-order valence-corrected chi connectivity index (χ3v) is 4.08. The Morgan fingerprint density at radius 3 is 3.07 bits per heavy atom. The number of thioether (sulfide) groups is 1. The van der Waals surface area contributed by atoms with Gasteiger partial charge in [-0.3, -0.25) is 5.32 Å². The highest BCUT2D eigenvalue weighted by molar-refractivity contribution is 7.99. The summed E-state index contributed by atoms with van der Waals surface area (Å²) >= 11 is 1.98. The Morgan fingerprint density at radius 2 is 2.40 bits per heavy atom. The predicted octanol–water partition coefficient (Wildman–Crippen LogP) is 2.81. The van der Waals surface area contributed by atoms with Crippen LogP contribution in [0.4, 0.5) is 0 Å². The molecule has 1 saturated heterocycles. The highest BCUT2D eigenvalue weighted by Gasteiger charge is 2.24. The fraction of sp³-hybridized carbons (Fsp3) is 0.500. The highest BCUT2D eigenvalue weighted by Crippen LogP contribution is 2.34. The molecule has 0 bridgehead atoms. The standard InChI is InChI=1S/C12H17NOS/c1-3-10-8-15-12(13-10)9-5-4-6-11(7-9)14-2/h4-7,10,12-13H,3,8H2,1-2H3. The van der Waals surface area contributed by atoms with Gasteiger partial charge in [-0.15, -0.1) is 11.8 Å². The minimum atomic E-state index is 0.435. The van der Waals surface area contributed by atoms with Crippen LogP contribution in [0, 0.1) is 0 Å². The monoisotopic (exact) mass is 223 g/mol. The molecule has 2 rings (SSSR count). The molecule has 15 heavy (non-hydrogen) atoms. The average Bonchev–Trinajstić information content (AvgIpc) is 2.78. The fourth-order valence-electron chi connectivity index (χ4n) is 1.76. The van der Waals surface area contributed by atoms with Gasteiger partial charge >= 0.3 is 0 Å². The average molecular weight is 223 g/mol. The van der Waals surface area contributed by atoms with E-state index >= 15 is 0 Å². The molecule has 1 N–H and O–H groups in total. The quantitative estimate of drug-likeness (QED) is 0.851. The first-order valence-corrected chi connectivity index (χ1v) is 6.40. The summed E-state index contributed by atoms with van der Waals surface area (Å²) in [6, 6.07) is 8.97. The van der Waals surface area contributed by atoms with Crippen molar-refractivity contribution in [2.24, 2.45) is 0 Å². The lowest BCUT2D eigenvalue weighted by Gasteiger charge is -2.13. The summed E-state index contributed by atoms with van der Waals surface area (Å²) in [7, 11) is 1.71. The number of ether oxygens (including phenoxy) is 1. The van der Waals surface area contributed by atoms with Crippen LogP contribution in [0.5, 0.6) is 5.75 Å². The third kappa shape index (κ3) is 2.47. The van der Waals surface area contributed by atoms with Crippen LogP contribution in [0.25, 0.3) is 0 Å². The Kier molecular flexibility index (Phi) is 3.54. The molecule has 2 nitrogen and oxygen atoms in total. The zero-order valence-corrected chi connectivity index (χ0v) is 10.0. The largest absolute Gasteiger partial charge is 0.497 e. The lowest BCUT2D eigenvalue weighted by atomic mass is 10.2. The summed E-state index contributed by atoms with van der Waals surface area (Å²) < 4.78 is 5.23. The highest BCUT2D eigenvalue weighted by atomic mass is 32.2. The summed E-state index contributed by atoms with van der Waals surface area (Å²) in [6.45, 7) is 2.23. The minimum absolute atomic E-state index is 0.435. The van der Waals surface area contributed by atoms with Gasteiger partial charge < -0.3 is 4.74 Å². The molecule has 1 aromatic rings. The van der Waals surface area contributed by atoms with Crippen LogP contribution in [-0.2, 0) is 0 Å². The van der Waals surface area contributed by atoms with Gasteiger partial charge in [0.15, 0.2) is 0 Å². The Balaban J connectivity index is 2.09. The summed E-state index contributed by atoms with van der Waals surface area (Å²) in [6.07, 6.45) is 1.20. The Hall–Kier alpha value is -0.670. The SMILES string of the molecule is CCC1CSC(c2cccc(OC)c2)N1.